The third kappa shape index (κ3) is 11.0. The normalized spacial score (nSPS) is 12.5. The van der Waals surface area contributed by atoms with Crippen LogP contribution >= 0.6 is 0 Å². The molecule has 0 unspecified atom stereocenters. The topological polar surface area (TPSA) is 253 Å². The van der Waals surface area contributed by atoms with E-state index in [4.69, 9.17) is 9.47 Å². The first-order valence-corrected chi connectivity index (χ1v) is 22.3. The number of anilines is 2. The monoisotopic (exact) mass is 994 g/mol. The fourth-order valence-corrected chi connectivity index (χ4v) is 7.64. The fraction of sp³-hybridized carbons (Fsp3) is 0.160. The highest BCUT2D eigenvalue weighted by atomic mass is 19.1. The molecule has 6 amide bonds. The molecule has 0 spiro atoms. The lowest BCUT2D eigenvalue weighted by Gasteiger charge is -2.18. The van der Waals surface area contributed by atoms with Crippen LogP contribution in [0, 0.1) is 31.3 Å². The summed E-state index contributed by atoms with van der Waals surface area (Å²) < 4.78 is 54.9. The van der Waals surface area contributed by atoms with Crippen molar-refractivity contribution in [1.29, 1.82) is 0 Å². The van der Waals surface area contributed by atoms with Gasteiger partial charge in [-0.25, -0.2) is 32.2 Å². The van der Waals surface area contributed by atoms with E-state index in [0.717, 1.165) is 32.6 Å². The molecule has 4 aromatic heterocycles. The Morgan fingerprint density at radius 3 is 1.45 bits per heavy atom. The summed E-state index contributed by atoms with van der Waals surface area (Å²) in [6.45, 7) is 3.93. The van der Waals surface area contributed by atoms with Gasteiger partial charge in [0.1, 0.15) is 40.1 Å². The predicted octanol–water partition coefficient (Wildman–Crippen LogP) is 4.87. The third-order valence-electron chi connectivity index (χ3n) is 11.3. The fourth-order valence-electron chi connectivity index (χ4n) is 7.64. The summed E-state index contributed by atoms with van der Waals surface area (Å²) in [5.74, 6) is -3.84. The number of benzene rings is 4. The van der Waals surface area contributed by atoms with Gasteiger partial charge in [-0.05, 0) is 72.0 Å². The van der Waals surface area contributed by atoms with Crippen molar-refractivity contribution in [2.45, 2.75) is 40.0 Å². The number of rotatable bonds is 12. The van der Waals surface area contributed by atoms with Crippen LogP contribution < -0.4 is 41.4 Å². The lowest BCUT2D eigenvalue weighted by Crippen LogP contribution is -2.29. The molecule has 2 aliphatic heterocycles. The molecule has 6 heterocycles. The van der Waals surface area contributed by atoms with E-state index in [1.165, 1.54) is 24.3 Å². The number of ether oxygens (including phenoxy) is 2. The highest BCUT2D eigenvalue weighted by Crippen LogP contribution is 2.30. The Hall–Kier alpha value is -9.67. The van der Waals surface area contributed by atoms with Crippen LogP contribution in [0.3, 0.4) is 0 Å². The van der Waals surface area contributed by atoms with Crippen molar-refractivity contribution < 1.29 is 51.4 Å². The maximum Gasteiger partial charge on any atom is 0.270 e. The summed E-state index contributed by atoms with van der Waals surface area (Å²) in [6, 6.07) is 24.7. The smallest absolute Gasteiger partial charge is 0.270 e. The molecule has 0 radical (unpaired) electrons. The van der Waals surface area contributed by atoms with Gasteiger partial charge in [0, 0.05) is 38.3 Å². The summed E-state index contributed by atoms with van der Waals surface area (Å²) in [5.41, 5.74) is 4.39. The molecule has 0 fully saturated rings. The minimum Gasteiger partial charge on any atom is -0.482 e. The Balaban J connectivity index is 0.000000180. The van der Waals surface area contributed by atoms with Crippen molar-refractivity contribution in [3.8, 4) is 11.5 Å². The Labute approximate surface area is 411 Å². The molecule has 4 aromatic carbocycles. The predicted molar refractivity (Wildman–Crippen MR) is 254 cm³/mol. The lowest BCUT2D eigenvalue weighted by molar-refractivity contribution is -0.119. The maximum absolute atomic E-state index is 14.3. The summed E-state index contributed by atoms with van der Waals surface area (Å²) in [4.78, 5) is 82.8. The van der Waals surface area contributed by atoms with Gasteiger partial charge in [-0.15, -0.1) is 0 Å². The molecule has 2 aliphatic rings. The molecule has 370 valence electrons. The van der Waals surface area contributed by atoms with Crippen LogP contribution in [0.1, 0.15) is 75.3 Å². The maximum atomic E-state index is 14.3. The van der Waals surface area contributed by atoms with Crippen LogP contribution in [0.4, 0.5) is 24.5 Å². The van der Waals surface area contributed by atoms with Gasteiger partial charge in [0.05, 0.1) is 23.8 Å². The number of carbonyl (C=O) groups excluding carboxylic acids is 6. The number of nitrogens with zero attached hydrogens (tertiary/aromatic N) is 6. The number of hydrogen-bond acceptors (Lipinski definition) is 12. The van der Waals surface area contributed by atoms with Gasteiger partial charge in [-0.3, -0.25) is 28.8 Å². The number of fused-ring (bicyclic) bond motifs is 4. The van der Waals surface area contributed by atoms with Crippen LogP contribution in [0.15, 0.2) is 103 Å². The molecule has 0 saturated heterocycles. The van der Waals surface area contributed by atoms with Crippen molar-refractivity contribution in [3.05, 3.63) is 177 Å². The number of aromatic nitrogens is 6. The molecule has 6 N–H and O–H groups in total. The van der Waals surface area contributed by atoms with Gasteiger partial charge in [-0.2, -0.15) is 10.2 Å². The summed E-state index contributed by atoms with van der Waals surface area (Å²) in [6.07, 6.45) is 1.83. The molecular weight excluding hydrogens is 954 g/mol. The Morgan fingerprint density at radius 2 is 0.986 bits per heavy atom. The quantitative estimate of drug-likeness (QED) is 0.0959. The second kappa shape index (κ2) is 20.7. The van der Waals surface area contributed by atoms with Gasteiger partial charge < -0.3 is 41.4 Å². The van der Waals surface area contributed by atoms with E-state index in [2.05, 4.69) is 52.1 Å². The zero-order chi connectivity index (χ0) is 51.3. The highest BCUT2D eigenvalue weighted by molar-refractivity contribution is 6.00. The van der Waals surface area contributed by atoms with Gasteiger partial charge >= 0.3 is 0 Å². The zero-order valence-corrected chi connectivity index (χ0v) is 38.6. The molecule has 0 aliphatic carbocycles. The van der Waals surface area contributed by atoms with Crippen molar-refractivity contribution in [1.82, 2.24) is 50.5 Å². The molecule has 0 saturated carbocycles. The number of hydrogen-bond donors (Lipinski definition) is 6. The second-order valence-electron chi connectivity index (χ2n) is 16.6. The summed E-state index contributed by atoms with van der Waals surface area (Å²) >= 11 is 0. The van der Waals surface area contributed by atoms with E-state index in [1.54, 1.807) is 49.4 Å². The van der Waals surface area contributed by atoms with Crippen LogP contribution in [-0.2, 0) is 35.8 Å². The first kappa shape index (κ1) is 48.4. The molecule has 0 atom stereocenters. The number of halogens is 3. The van der Waals surface area contributed by atoms with Gasteiger partial charge in [0.25, 0.3) is 35.4 Å². The Kier molecular flexibility index (Phi) is 13.7. The van der Waals surface area contributed by atoms with Crippen molar-refractivity contribution in [2.24, 2.45) is 0 Å². The molecule has 8 aromatic rings. The zero-order valence-electron chi connectivity index (χ0n) is 38.6. The van der Waals surface area contributed by atoms with E-state index in [-0.39, 0.29) is 91.1 Å². The van der Waals surface area contributed by atoms with Gasteiger partial charge in [-0.1, -0.05) is 54.1 Å². The number of amides is 6. The first-order chi connectivity index (χ1) is 35.1. The first-order valence-electron chi connectivity index (χ1n) is 22.3. The largest absolute Gasteiger partial charge is 0.482 e. The minimum atomic E-state index is -0.803. The number of carbonyl (C=O) groups is 6. The molecule has 10 rings (SSSR count). The molecule has 20 nitrogen and oxygen atoms in total. The van der Waals surface area contributed by atoms with Gasteiger partial charge in [0.15, 0.2) is 36.1 Å². The summed E-state index contributed by atoms with van der Waals surface area (Å²) in [5, 5.41) is 23.9. The average Bonchev–Trinajstić information content (AvgIpc) is 3.96. The third-order valence-corrected chi connectivity index (χ3v) is 11.3. The second-order valence-corrected chi connectivity index (χ2v) is 16.6. The van der Waals surface area contributed by atoms with Crippen molar-refractivity contribution in [3.63, 3.8) is 0 Å². The average molecular weight is 995 g/mol. The van der Waals surface area contributed by atoms with Crippen molar-refractivity contribution in [2.75, 3.05) is 23.8 Å². The highest BCUT2D eigenvalue weighted by Gasteiger charge is 2.23. The molecule has 73 heavy (non-hydrogen) atoms. The Bertz CT molecular complexity index is 3540. The molecule has 0 bridgehead atoms. The van der Waals surface area contributed by atoms with E-state index in [1.807, 2.05) is 31.2 Å². The Morgan fingerprint density at radius 1 is 0.548 bits per heavy atom. The minimum absolute atomic E-state index is 0.0321. The van der Waals surface area contributed by atoms with E-state index in [0.29, 0.717) is 45.1 Å². The molecular formula is C50H41F3N12O8. The van der Waals surface area contributed by atoms with Gasteiger partial charge in [0.2, 0.25) is 0 Å². The number of nitrogens with one attached hydrogen (secondary N) is 6. The van der Waals surface area contributed by atoms with Crippen LogP contribution in [-0.4, -0.2) is 77.9 Å². The van der Waals surface area contributed by atoms with Crippen LogP contribution in [0.5, 0.6) is 11.5 Å². The SMILES string of the molecule is Cc1cc(CNC(=O)c2cc(C(=O)NCc3ccc4c(c3)NC(=O)CO4)nc3c(F)cnn23)ccc1F.Cc1cccc(CNC(=O)c2cc(C(=O)NCc3ccc4c(c3)NC(=O)CO4)nc3c(F)cnn23)c1. The van der Waals surface area contributed by atoms with Crippen LogP contribution in [0.2, 0.25) is 0 Å². The van der Waals surface area contributed by atoms with Crippen molar-refractivity contribution >= 4 is 58.1 Å². The van der Waals surface area contributed by atoms with Crippen LogP contribution in [0.25, 0.3) is 11.3 Å². The van der Waals surface area contributed by atoms with E-state index in [9.17, 15) is 41.9 Å². The summed E-state index contributed by atoms with van der Waals surface area (Å²) in [7, 11) is 0. The molecule has 23 heteroatoms. The van der Waals surface area contributed by atoms with E-state index >= 15 is 0 Å². The standard InChI is InChI=1S/C25H20F2N6O4.C25H21FN6O4/c1-13-6-14(2-4-16(13)26)9-29-25(36)20-8-19(32-23-17(27)11-30-33(20)23)24(35)28-10-15-3-5-21-18(7-15)31-22(34)12-37-21;1-14-3-2-4-15(7-14)10-28-25(35)20-9-19(31-23-17(26)12-29-32(20)23)24(34)27-11-16-5-6-21-18(8-16)30-22(33)13-36-21/h2-8,11H,9-10,12H2,1H3,(H,28,35)(H,29,36)(H,31,34);2-9,12H,10-11,13H2,1H3,(H,27,34)(H,28,35)(H,30,33). The lowest BCUT2D eigenvalue weighted by atomic mass is 10.1. The van der Waals surface area contributed by atoms with E-state index < -0.39 is 35.3 Å². The number of aryl methyl sites for hydroxylation is 2.